The normalized spacial score (nSPS) is 10.9. The largest absolute Gasteiger partial charge is 0.462 e. The molecule has 0 saturated heterocycles. The van der Waals surface area contributed by atoms with Gasteiger partial charge in [0, 0.05) is 37.0 Å². The molecule has 152 valence electrons. The van der Waals surface area contributed by atoms with E-state index in [1.807, 2.05) is 0 Å². The summed E-state index contributed by atoms with van der Waals surface area (Å²) in [5.74, 6) is -1.26. The smallest absolute Gasteiger partial charge is 0.343 e. The molecule has 11 heteroatoms. The molecule has 0 bridgehead atoms. The summed E-state index contributed by atoms with van der Waals surface area (Å²) in [5, 5.41) is 4.85. The van der Waals surface area contributed by atoms with Crippen LogP contribution in [0.25, 0.3) is 16.2 Å². The van der Waals surface area contributed by atoms with Gasteiger partial charge in [-0.25, -0.2) is 19.2 Å². The van der Waals surface area contributed by atoms with Crippen LogP contribution in [0.2, 0.25) is 0 Å². The van der Waals surface area contributed by atoms with Crippen LogP contribution in [0.4, 0.5) is 4.39 Å². The number of hydrogen-bond donors (Lipinski definition) is 1. The second kappa shape index (κ2) is 9.14. The van der Waals surface area contributed by atoms with E-state index < -0.39 is 17.2 Å². The van der Waals surface area contributed by atoms with Gasteiger partial charge in [0.05, 0.1) is 12.0 Å². The van der Waals surface area contributed by atoms with Crippen LogP contribution in [0.15, 0.2) is 33.7 Å². The maximum atomic E-state index is 14.6. The molecule has 1 amide bonds. The van der Waals surface area contributed by atoms with E-state index in [-0.39, 0.29) is 34.1 Å². The topological polar surface area (TPSA) is 103 Å². The highest BCUT2D eigenvalue weighted by Gasteiger charge is 2.21. The van der Waals surface area contributed by atoms with Crippen LogP contribution in [0.5, 0.6) is 0 Å². The molecule has 0 unspecified atom stereocenters. The van der Waals surface area contributed by atoms with Crippen LogP contribution < -0.4 is 10.7 Å². The molecule has 0 aliphatic rings. The van der Waals surface area contributed by atoms with Gasteiger partial charge in [-0.15, -0.1) is 23.1 Å². The molecule has 0 saturated carbocycles. The zero-order chi connectivity index (χ0) is 21.0. The van der Waals surface area contributed by atoms with E-state index in [9.17, 15) is 18.8 Å². The molecule has 3 heterocycles. The Morgan fingerprint density at radius 2 is 2.21 bits per heavy atom. The third-order valence-corrected chi connectivity index (χ3v) is 5.47. The van der Waals surface area contributed by atoms with Crippen molar-refractivity contribution in [2.45, 2.75) is 18.9 Å². The lowest BCUT2D eigenvalue weighted by Crippen LogP contribution is -2.22. The second-order valence-electron chi connectivity index (χ2n) is 5.75. The van der Waals surface area contributed by atoms with Crippen molar-refractivity contribution in [1.29, 1.82) is 0 Å². The fraction of sp³-hybridized carbons (Fsp3) is 0.278. The minimum Gasteiger partial charge on any atom is -0.462 e. The summed E-state index contributed by atoms with van der Waals surface area (Å²) in [5.41, 5.74) is -0.698. The molecule has 0 fully saturated rings. The number of thiazole rings is 1. The molecule has 3 aromatic heterocycles. The second-order valence-corrected chi connectivity index (χ2v) is 7.71. The van der Waals surface area contributed by atoms with E-state index >= 15 is 0 Å². The van der Waals surface area contributed by atoms with Crippen LogP contribution in [0.3, 0.4) is 0 Å². The number of amides is 1. The minimum absolute atomic E-state index is 0.0468. The predicted octanol–water partition coefficient (Wildman–Crippen LogP) is 2.39. The van der Waals surface area contributed by atoms with Crippen molar-refractivity contribution in [1.82, 2.24) is 19.9 Å². The number of carbonyl (C=O) groups is 2. The van der Waals surface area contributed by atoms with Gasteiger partial charge in [-0.1, -0.05) is 0 Å². The first-order chi connectivity index (χ1) is 13.9. The summed E-state index contributed by atoms with van der Waals surface area (Å²) < 4.78 is 21.0. The number of thioether (sulfide) groups is 1. The lowest BCUT2D eigenvalue weighted by molar-refractivity contribution is -0.118. The fourth-order valence-electron chi connectivity index (χ4n) is 2.52. The molecule has 3 aromatic rings. The number of esters is 1. The maximum Gasteiger partial charge on any atom is 0.343 e. The highest BCUT2D eigenvalue weighted by Crippen LogP contribution is 2.25. The average molecular weight is 436 g/mol. The number of aromatic nitrogens is 3. The molecule has 29 heavy (non-hydrogen) atoms. The van der Waals surface area contributed by atoms with E-state index in [0.717, 1.165) is 17.8 Å². The van der Waals surface area contributed by atoms with Gasteiger partial charge in [0.2, 0.25) is 11.3 Å². The monoisotopic (exact) mass is 436 g/mol. The molecule has 0 aliphatic heterocycles. The minimum atomic E-state index is -0.793. The van der Waals surface area contributed by atoms with Gasteiger partial charge in [0.1, 0.15) is 10.6 Å². The van der Waals surface area contributed by atoms with Crippen molar-refractivity contribution in [2.24, 2.45) is 0 Å². The summed E-state index contributed by atoms with van der Waals surface area (Å²) in [4.78, 5) is 44.4. The van der Waals surface area contributed by atoms with Crippen molar-refractivity contribution < 1.29 is 18.7 Å². The first-order valence-corrected chi connectivity index (χ1v) is 10.5. The number of halogens is 1. The summed E-state index contributed by atoms with van der Waals surface area (Å²) in [6.45, 7) is 3.47. The van der Waals surface area contributed by atoms with Crippen molar-refractivity contribution in [2.75, 3.05) is 18.9 Å². The van der Waals surface area contributed by atoms with Crippen LogP contribution >= 0.6 is 23.1 Å². The van der Waals surface area contributed by atoms with Crippen molar-refractivity contribution in [3.8, 4) is 5.13 Å². The van der Waals surface area contributed by atoms with Gasteiger partial charge in [-0.05, 0) is 13.0 Å². The molecule has 0 aromatic carbocycles. The zero-order valence-electron chi connectivity index (χ0n) is 15.6. The maximum absolute atomic E-state index is 14.6. The van der Waals surface area contributed by atoms with Gasteiger partial charge >= 0.3 is 5.97 Å². The number of nitrogens with one attached hydrogen (secondary N) is 1. The van der Waals surface area contributed by atoms with Crippen LogP contribution in [0.1, 0.15) is 24.2 Å². The Kier molecular flexibility index (Phi) is 6.60. The zero-order valence-corrected chi connectivity index (χ0v) is 17.2. The van der Waals surface area contributed by atoms with E-state index in [2.05, 4.69) is 15.3 Å². The van der Waals surface area contributed by atoms with Crippen molar-refractivity contribution in [3.05, 3.63) is 45.4 Å². The summed E-state index contributed by atoms with van der Waals surface area (Å²) in [7, 11) is 0. The number of rotatable bonds is 7. The lowest BCUT2D eigenvalue weighted by Gasteiger charge is -2.12. The molecule has 0 radical (unpaired) electrons. The number of nitrogens with zero attached hydrogens (tertiary/aromatic N) is 3. The molecular formula is C18H17FN4O4S2. The molecule has 0 atom stereocenters. The summed E-state index contributed by atoms with van der Waals surface area (Å²) >= 11 is 2.38. The first kappa shape index (κ1) is 20.9. The highest BCUT2D eigenvalue weighted by atomic mass is 32.2. The SMILES string of the molecule is CCOC(=O)c1cn(-c2nccs2)c2nc(SCCNC(C)=O)c(F)cc2c1=O. The predicted molar refractivity (Wildman–Crippen MR) is 108 cm³/mol. The molecule has 1 N–H and O–H groups in total. The molecular weight excluding hydrogens is 419 g/mol. The average Bonchev–Trinajstić information content (AvgIpc) is 3.21. The van der Waals surface area contributed by atoms with E-state index in [0.29, 0.717) is 17.4 Å². The van der Waals surface area contributed by atoms with Gasteiger partial charge in [-0.3, -0.25) is 14.2 Å². The quantitative estimate of drug-likeness (QED) is 0.345. The molecule has 3 rings (SSSR count). The first-order valence-electron chi connectivity index (χ1n) is 8.62. The molecule has 0 spiro atoms. The van der Waals surface area contributed by atoms with Gasteiger partial charge in [-0.2, -0.15) is 0 Å². The Balaban J connectivity index is 2.11. The van der Waals surface area contributed by atoms with Gasteiger partial charge in [0.25, 0.3) is 0 Å². The number of pyridine rings is 2. The van der Waals surface area contributed by atoms with E-state index in [1.54, 1.807) is 18.5 Å². The van der Waals surface area contributed by atoms with Gasteiger partial charge in [0.15, 0.2) is 16.6 Å². The number of carbonyl (C=O) groups excluding carboxylic acids is 2. The van der Waals surface area contributed by atoms with E-state index in [1.165, 1.54) is 29.0 Å². The Morgan fingerprint density at radius 3 is 2.86 bits per heavy atom. The summed E-state index contributed by atoms with van der Waals surface area (Å²) in [6, 6.07) is 1.07. The van der Waals surface area contributed by atoms with Crippen LogP contribution in [-0.2, 0) is 9.53 Å². The number of ether oxygens (including phenoxy) is 1. The third kappa shape index (κ3) is 4.62. The van der Waals surface area contributed by atoms with Crippen molar-refractivity contribution >= 4 is 46.0 Å². The van der Waals surface area contributed by atoms with Gasteiger partial charge < -0.3 is 10.1 Å². The lowest BCUT2D eigenvalue weighted by atomic mass is 10.2. The van der Waals surface area contributed by atoms with E-state index in [4.69, 9.17) is 4.74 Å². The highest BCUT2D eigenvalue weighted by molar-refractivity contribution is 7.99. The van der Waals surface area contributed by atoms with Crippen molar-refractivity contribution in [3.63, 3.8) is 0 Å². The Bertz CT molecular complexity index is 1120. The summed E-state index contributed by atoms with van der Waals surface area (Å²) in [6.07, 6.45) is 2.89. The standard InChI is InChI=1S/C18H17FN4O4S2/c1-3-27-17(26)12-9-23(18-21-5-7-29-18)15-11(14(12)25)8-13(19)16(22-15)28-6-4-20-10(2)24/h5,7-9H,3-4,6H2,1-2H3,(H,20,24). The number of hydrogen-bond acceptors (Lipinski definition) is 8. The van der Waals surface area contributed by atoms with Crippen LogP contribution in [-0.4, -0.2) is 45.3 Å². The molecule has 8 nitrogen and oxygen atoms in total. The molecule has 0 aliphatic carbocycles. The third-order valence-electron chi connectivity index (χ3n) is 3.73. The Morgan fingerprint density at radius 1 is 1.41 bits per heavy atom. The Hall–Kier alpha value is -2.79. The number of fused-ring (bicyclic) bond motifs is 1. The Labute approximate surface area is 173 Å². The fourth-order valence-corrected chi connectivity index (χ4v) is 3.88. The van der Waals surface area contributed by atoms with Crippen LogP contribution in [0, 0.1) is 5.82 Å².